The van der Waals surface area contributed by atoms with Crippen LogP contribution in [0.15, 0.2) is 0 Å². The highest BCUT2D eigenvalue weighted by atomic mass is 16.3. The van der Waals surface area contributed by atoms with E-state index in [1.54, 1.807) is 0 Å². The van der Waals surface area contributed by atoms with Crippen molar-refractivity contribution in [1.82, 2.24) is 4.90 Å². The Labute approximate surface area is 87.3 Å². The van der Waals surface area contributed by atoms with Crippen molar-refractivity contribution in [2.45, 2.75) is 57.7 Å². The molecule has 3 heteroatoms. The summed E-state index contributed by atoms with van der Waals surface area (Å²) in [6.07, 6.45) is 4.87. The normalized spacial score (nSPS) is 31.7. The van der Waals surface area contributed by atoms with Crippen molar-refractivity contribution in [2.75, 3.05) is 13.2 Å². The molecule has 3 N–H and O–H groups in total. The lowest BCUT2D eigenvalue weighted by Crippen LogP contribution is -2.45. The lowest BCUT2D eigenvalue weighted by atomic mass is 9.97. The van der Waals surface area contributed by atoms with Crippen LogP contribution in [0.25, 0.3) is 0 Å². The van der Waals surface area contributed by atoms with Crippen LogP contribution < -0.4 is 5.73 Å². The minimum Gasteiger partial charge on any atom is -0.395 e. The lowest BCUT2D eigenvalue weighted by molar-refractivity contribution is 0.0962. The third kappa shape index (κ3) is 3.23. The van der Waals surface area contributed by atoms with E-state index in [2.05, 4.69) is 18.7 Å². The highest BCUT2D eigenvalue weighted by Crippen LogP contribution is 2.22. The Balaban J connectivity index is 2.32. The van der Waals surface area contributed by atoms with E-state index < -0.39 is 0 Å². The van der Waals surface area contributed by atoms with E-state index in [1.807, 2.05) is 0 Å². The molecule has 1 aliphatic heterocycles. The molecular weight excluding hydrogens is 176 g/mol. The molecule has 1 heterocycles. The smallest absolute Gasteiger partial charge is 0.0583 e. The Morgan fingerprint density at radius 2 is 1.93 bits per heavy atom. The molecular formula is C11H24N2O. The summed E-state index contributed by atoms with van der Waals surface area (Å²) >= 11 is 0. The van der Waals surface area contributed by atoms with Crippen LogP contribution in [0, 0.1) is 0 Å². The molecule has 1 saturated heterocycles. The third-order valence-corrected chi connectivity index (χ3v) is 3.37. The first-order valence-corrected chi connectivity index (χ1v) is 5.77. The number of likely N-dealkylation sites (tertiary alicyclic amines) is 1. The van der Waals surface area contributed by atoms with Crippen LogP contribution in [0.1, 0.15) is 39.5 Å². The van der Waals surface area contributed by atoms with Gasteiger partial charge in [-0.25, -0.2) is 0 Å². The van der Waals surface area contributed by atoms with Crippen LogP contribution in [0.2, 0.25) is 0 Å². The van der Waals surface area contributed by atoms with E-state index in [1.165, 1.54) is 19.3 Å². The summed E-state index contributed by atoms with van der Waals surface area (Å²) in [5.41, 5.74) is 5.70. The fourth-order valence-electron chi connectivity index (χ4n) is 2.32. The van der Waals surface area contributed by atoms with Gasteiger partial charge in [0.1, 0.15) is 0 Å². The van der Waals surface area contributed by atoms with Gasteiger partial charge in [0, 0.05) is 24.7 Å². The summed E-state index contributed by atoms with van der Waals surface area (Å²) in [5.74, 6) is 0. The van der Waals surface area contributed by atoms with E-state index in [9.17, 15) is 0 Å². The molecule has 0 aliphatic carbocycles. The van der Waals surface area contributed by atoms with Crippen molar-refractivity contribution in [1.29, 1.82) is 0 Å². The Morgan fingerprint density at radius 1 is 1.36 bits per heavy atom. The molecule has 1 aliphatic rings. The molecule has 0 saturated carbocycles. The lowest BCUT2D eigenvalue weighted by Gasteiger charge is -2.39. The molecule has 1 unspecified atom stereocenters. The van der Waals surface area contributed by atoms with E-state index >= 15 is 0 Å². The number of rotatable bonds is 4. The van der Waals surface area contributed by atoms with E-state index in [-0.39, 0.29) is 12.6 Å². The van der Waals surface area contributed by atoms with Gasteiger partial charge in [0.15, 0.2) is 0 Å². The second-order valence-corrected chi connectivity index (χ2v) is 4.60. The van der Waals surface area contributed by atoms with Crippen molar-refractivity contribution >= 4 is 0 Å². The van der Waals surface area contributed by atoms with Gasteiger partial charge >= 0.3 is 0 Å². The number of hydrogen-bond donors (Lipinski definition) is 2. The summed E-state index contributed by atoms with van der Waals surface area (Å²) < 4.78 is 0. The van der Waals surface area contributed by atoms with Gasteiger partial charge in [-0.3, -0.25) is 4.90 Å². The van der Waals surface area contributed by atoms with Crippen LogP contribution in [0.3, 0.4) is 0 Å². The highest BCUT2D eigenvalue weighted by molar-refractivity contribution is 4.80. The van der Waals surface area contributed by atoms with Crippen molar-refractivity contribution in [3.63, 3.8) is 0 Å². The summed E-state index contributed by atoms with van der Waals surface area (Å²) in [7, 11) is 0. The van der Waals surface area contributed by atoms with Crippen LogP contribution in [-0.2, 0) is 0 Å². The van der Waals surface area contributed by atoms with Gasteiger partial charge in [-0.2, -0.15) is 0 Å². The molecule has 0 aromatic rings. The maximum Gasteiger partial charge on any atom is 0.0583 e. The van der Waals surface area contributed by atoms with Crippen LogP contribution >= 0.6 is 0 Å². The maximum atomic E-state index is 8.85. The summed E-state index contributed by atoms with van der Waals surface area (Å²) in [6, 6.07) is 1.32. The Kier molecular flexibility index (Phi) is 4.85. The van der Waals surface area contributed by atoms with Gasteiger partial charge in [0.25, 0.3) is 0 Å². The molecule has 84 valence electrons. The minimum atomic E-state index is -0.0451. The Bertz CT molecular complexity index is 153. The number of aliphatic hydroxyl groups is 1. The van der Waals surface area contributed by atoms with Crippen LogP contribution in [-0.4, -0.2) is 41.3 Å². The van der Waals surface area contributed by atoms with Crippen molar-refractivity contribution < 1.29 is 5.11 Å². The second kappa shape index (κ2) is 5.69. The number of hydrogen-bond acceptors (Lipinski definition) is 3. The predicted molar refractivity (Wildman–Crippen MR) is 59.2 cm³/mol. The Hall–Kier alpha value is -0.120. The zero-order chi connectivity index (χ0) is 10.6. The molecule has 14 heavy (non-hydrogen) atoms. The zero-order valence-electron chi connectivity index (χ0n) is 9.45. The average Bonchev–Trinajstić information content (AvgIpc) is 2.16. The minimum absolute atomic E-state index is 0.0451. The Morgan fingerprint density at radius 3 is 2.43 bits per heavy atom. The number of nitrogens with zero attached hydrogens (tertiary/aromatic N) is 1. The summed E-state index contributed by atoms with van der Waals surface area (Å²) in [4.78, 5) is 2.53. The van der Waals surface area contributed by atoms with Gasteiger partial charge in [-0.05, 0) is 33.1 Å². The van der Waals surface area contributed by atoms with E-state index in [4.69, 9.17) is 10.8 Å². The summed E-state index contributed by atoms with van der Waals surface area (Å²) in [6.45, 7) is 5.72. The summed E-state index contributed by atoms with van der Waals surface area (Å²) in [5, 5.41) is 8.85. The van der Waals surface area contributed by atoms with E-state index in [0.29, 0.717) is 12.1 Å². The molecule has 1 rings (SSSR count). The third-order valence-electron chi connectivity index (χ3n) is 3.37. The van der Waals surface area contributed by atoms with Crippen molar-refractivity contribution in [3.8, 4) is 0 Å². The topological polar surface area (TPSA) is 49.5 Å². The first-order valence-electron chi connectivity index (χ1n) is 5.77. The molecule has 0 spiro atoms. The largest absolute Gasteiger partial charge is 0.395 e. The van der Waals surface area contributed by atoms with Crippen LogP contribution in [0.4, 0.5) is 0 Å². The quantitative estimate of drug-likeness (QED) is 0.710. The van der Waals surface area contributed by atoms with E-state index in [0.717, 1.165) is 13.0 Å². The fraction of sp³-hybridized carbons (Fsp3) is 1.00. The number of piperidine rings is 1. The maximum absolute atomic E-state index is 8.85. The van der Waals surface area contributed by atoms with Gasteiger partial charge in [-0.15, -0.1) is 0 Å². The molecule has 0 bridgehead atoms. The van der Waals surface area contributed by atoms with Crippen molar-refractivity contribution in [2.24, 2.45) is 5.73 Å². The number of aliphatic hydroxyl groups excluding tert-OH is 1. The monoisotopic (exact) mass is 200 g/mol. The van der Waals surface area contributed by atoms with Gasteiger partial charge < -0.3 is 10.8 Å². The highest BCUT2D eigenvalue weighted by Gasteiger charge is 2.24. The van der Waals surface area contributed by atoms with Crippen molar-refractivity contribution in [3.05, 3.63) is 0 Å². The van der Waals surface area contributed by atoms with Crippen LogP contribution in [0.5, 0.6) is 0 Å². The zero-order valence-corrected chi connectivity index (χ0v) is 9.45. The first-order chi connectivity index (χ1) is 6.65. The molecule has 0 aromatic heterocycles. The average molecular weight is 200 g/mol. The van der Waals surface area contributed by atoms with Gasteiger partial charge in [0.05, 0.1) is 6.61 Å². The molecule has 0 radical (unpaired) electrons. The molecule has 0 amide bonds. The standard InChI is InChI=1S/C11H24N2O/c1-9-4-3-5-10(2)13(9)7-6-11(12)8-14/h9-11,14H,3-8,12H2,1-2H3/t9-,10+,11?. The fourth-order valence-corrected chi connectivity index (χ4v) is 2.32. The second-order valence-electron chi connectivity index (χ2n) is 4.60. The molecule has 1 fully saturated rings. The SMILES string of the molecule is C[C@@H]1CCC[C@H](C)N1CCC(N)CO. The predicted octanol–water partition coefficient (Wildman–Crippen LogP) is 0.959. The van der Waals surface area contributed by atoms with Gasteiger partial charge in [-0.1, -0.05) is 6.42 Å². The first kappa shape index (κ1) is 12.0. The van der Waals surface area contributed by atoms with Gasteiger partial charge in [0.2, 0.25) is 0 Å². The molecule has 3 atom stereocenters. The molecule has 3 nitrogen and oxygen atoms in total. The molecule has 0 aromatic carbocycles. The number of nitrogens with two attached hydrogens (primary N) is 1.